The molecule has 0 aliphatic heterocycles. The first-order valence-corrected chi connectivity index (χ1v) is 6.66. The van der Waals surface area contributed by atoms with Crippen LogP contribution in [0.4, 0.5) is 0 Å². The van der Waals surface area contributed by atoms with Crippen molar-refractivity contribution >= 4 is 27.5 Å². The maximum absolute atomic E-state index is 6.03. The average Bonchev–Trinajstić information content (AvgIpc) is 2.38. The third-order valence-electron chi connectivity index (χ3n) is 2.39. The monoisotopic (exact) mass is 310 g/mol. The number of alkyl halides is 2. The summed E-state index contributed by atoms with van der Waals surface area (Å²) < 4.78 is 5.54. The molecule has 0 saturated heterocycles. The molecule has 1 unspecified atom stereocenters. The zero-order valence-electron chi connectivity index (χ0n) is 9.14. The molecule has 0 spiro atoms. The third-order valence-corrected chi connectivity index (χ3v) is 3.12. The van der Waals surface area contributed by atoms with Crippen molar-refractivity contribution in [3.63, 3.8) is 0 Å². The van der Waals surface area contributed by atoms with Crippen molar-refractivity contribution in [3.05, 3.63) is 65.7 Å². The second-order valence-electron chi connectivity index (χ2n) is 3.61. The number of benzene rings is 2. The minimum atomic E-state index is -0.227. The van der Waals surface area contributed by atoms with E-state index >= 15 is 0 Å². The van der Waals surface area contributed by atoms with Gasteiger partial charge in [-0.25, -0.2) is 0 Å². The van der Waals surface area contributed by atoms with Crippen LogP contribution in [0, 0.1) is 0 Å². The lowest BCUT2D eigenvalue weighted by Crippen LogP contribution is -1.98. The molecule has 0 heterocycles. The largest absolute Gasteiger partial charge is 0.489 e. The van der Waals surface area contributed by atoms with Gasteiger partial charge in [-0.05, 0) is 11.6 Å². The number of para-hydroxylation sites is 1. The molecule has 0 fully saturated rings. The topological polar surface area (TPSA) is 9.23 Å². The van der Waals surface area contributed by atoms with Gasteiger partial charge in [0.1, 0.15) is 16.6 Å². The number of rotatable bonds is 4. The van der Waals surface area contributed by atoms with Crippen molar-refractivity contribution in [3.8, 4) is 5.75 Å². The number of halogens is 2. The molecule has 0 aliphatic rings. The second-order valence-corrected chi connectivity index (χ2v) is 5.49. The van der Waals surface area contributed by atoms with Crippen LogP contribution in [0.15, 0.2) is 54.6 Å². The summed E-state index contributed by atoms with van der Waals surface area (Å²) in [6, 6.07) is 17.8. The maximum Gasteiger partial charge on any atom is 0.125 e. The van der Waals surface area contributed by atoms with Crippen molar-refractivity contribution in [1.29, 1.82) is 0 Å². The average molecular weight is 312 g/mol. The van der Waals surface area contributed by atoms with Crippen LogP contribution in [0.3, 0.4) is 0 Å². The summed E-state index contributed by atoms with van der Waals surface area (Å²) in [4.78, 5) is 0. The molecule has 17 heavy (non-hydrogen) atoms. The lowest BCUT2D eigenvalue weighted by atomic mass is 10.2. The molecule has 1 nitrogen and oxygen atoms in total. The van der Waals surface area contributed by atoms with Gasteiger partial charge < -0.3 is 4.74 Å². The molecular weight excluding hydrogens is 300 g/mol. The quantitative estimate of drug-likeness (QED) is 0.730. The van der Waals surface area contributed by atoms with Gasteiger partial charge in [0.2, 0.25) is 0 Å². The van der Waals surface area contributed by atoms with E-state index in [1.54, 1.807) is 0 Å². The predicted molar refractivity (Wildman–Crippen MR) is 74.7 cm³/mol. The molecule has 0 saturated carbocycles. The van der Waals surface area contributed by atoms with Gasteiger partial charge in [-0.1, -0.05) is 64.5 Å². The summed E-state index contributed by atoms with van der Waals surface area (Å²) in [7, 11) is 0. The fourth-order valence-electron chi connectivity index (χ4n) is 1.53. The third kappa shape index (κ3) is 3.48. The number of hydrogen-bond donors (Lipinski definition) is 0. The first kappa shape index (κ1) is 12.5. The first-order valence-electron chi connectivity index (χ1n) is 5.31. The smallest absolute Gasteiger partial charge is 0.125 e. The highest BCUT2D eigenvalue weighted by Gasteiger charge is 2.09. The minimum Gasteiger partial charge on any atom is -0.489 e. The standard InChI is InChI=1S/C14H12BrClO/c15-14(16)12-8-4-5-9-13(12)17-10-11-6-2-1-3-7-11/h1-9,14H,10H2. The Morgan fingerprint density at radius 1 is 1.00 bits per heavy atom. The fraction of sp³-hybridized carbons (Fsp3) is 0.143. The minimum absolute atomic E-state index is 0.227. The van der Waals surface area contributed by atoms with Crippen molar-refractivity contribution in [2.45, 2.75) is 10.9 Å². The highest BCUT2D eigenvalue weighted by molar-refractivity contribution is 9.09. The number of hydrogen-bond acceptors (Lipinski definition) is 1. The van der Waals surface area contributed by atoms with Gasteiger partial charge in [0, 0.05) is 5.56 Å². The van der Waals surface area contributed by atoms with E-state index in [2.05, 4.69) is 15.9 Å². The van der Waals surface area contributed by atoms with Gasteiger partial charge in [-0.3, -0.25) is 0 Å². The molecule has 0 N–H and O–H groups in total. The summed E-state index contributed by atoms with van der Waals surface area (Å²) >= 11 is 9.37. The van der Waals surface area contributed by atoms with E-state index in [4.69, 9.17) is 16.3 Å². The molecule has 2 aromatic rings. The van der Waals surface area contributed by atoms with Gasteiger partial charge >= 0.3 is 0 Å². The van der Waals surface area contributed by atoms with E-state index in [1.165, 1.54) is 0 Å². The lowest BCUT2D eigenvalue weighted by Gasteiger charge is -2.11. The Bertz CT molecular complexity index is 471. The van der Waals surface area contributed by atoms with E-state index in [1.807, 2.05) is 54.6 Å². The summed E-state index contributed by atoms with van der Waals surface area (Å²) in [5, 5.41) is 0. The Kier molecular flexibility index (Phi) is 4.46. The molecule has 0 aliphatic carbocycles. The Balaban J connectivity index is 2.09. The van der Waals surface area contributed by atoms with Crippen LogP contribution in [-0.2, 0) is 6.61 Å². The van der Waals surface area contributed by atoms with Gasteiger partial charge in [-0.15, -0.1) is 11.6 Å². The zero-order chi connectivity index (χ0) is 12.1. The molecule has 3 heteroatoms. The van der Waals surface area contributed by atoms with Crippen molar-refractivity contribution in [2.24, 2.45) is 0 Å². The highest BCUT2D eigenvalue weighted by atomic mass is 79.9. The van der Waals surface area contributed by atoms with E-state index in [-0.39, 0.29) is 4.29 Å². The molecule has 88 valence electrons. The Morgan fingerprint density at radius 3 is 2.35 bits per heavy atom. The van der Waals surface area contributed by atoms with E-state index in [0.29, 0.717) is 6.61 Å². The Labute approximate surface area is 115 Å². The van der Waals surface area contributed by atoms with Crippen LogP contribution in [-0.4, -0.2) is 0 Å². The van der Waals surface area contributed by atoms with Crippen LogP contribution < -0.4 is 4.74 Å². The van der Waals surface area contributed by atoms with Crippen LogP contribution in [0.2, 0.25) is 0 Å². The normalized spacial score (nSPS) is 12.1. The van der Waals surface area contributed by atoms with Gasteiger partial charge in [0.15, 0.2) is 0 Å². The van der Waals surface area contributed by atoms with Crippen molar-refractivity contribution in [2.75, 3.05) is 0 Å². The summed E-state index contributed by atoms with van der Waals surface area (Å²) in [6.07, 6.45) is 0. The van der Waals surface area contributed by atoms with Gasteiger partial charge in [0.25, 0.3) is 0 Å². The molecule has 2 rings (SSSR count). The molecule has 0 radical (unpaired) electrons. The molecular formula is C14H12BrClO. The van der Waals surface area contributed by atoms with Gasteiger partial charge in [0.05, 0.1) is 0 Å². The van der Waals surface area contributed by atoms with Crippen LogP contribution in [0.25, 0.3) is 0 Å². The van der Waals surface area contributed by atoms with Crippen LogP contribution in [0.1, 0.15) is 15.4 Å². The molecule has 2 aromatic carbocycles. The first-order chi connectivity index (χ1) is 8.27. The van der Waals surface area contributed by atoms with Crippen LogP contribution >= 0.6 is 27.5 Å². The van der Waals surface area contributed by atoms with Crippen molar-refractivity contribution in [1.82, 2.24) is 0 Å². The van der Waals surface area contributed by atoms with E-state index < -0.39 is 0 Å². The SMILES string of the molecule is ClC(Br)c1ccccc1OCc1ccccc1. The predicted octanol–water partition coefficient (Wildman–Crippen LogP) is 4.90. The Morgan fingerprint density at radius 2 is 1.65 bits per heavy atom. The molecule has 0 amide bonds. The zero-order valence-corrected chi connectivity index (χ0v) is 11.5. The summed E-state index contributed by atoms with van der Waals surface area (Å²) in [5.41, 5.74) is 2.09. The summed E-state index contributed by atoms with van der Waals surface area (Å²) in [5.74, 6) is 0.813. The van der Waals surface area contributed by atoms with Crippen molar-refractivity contribution < 1.29 is 4.74 Å². The molecule has 0 bridgehead atoms. The van der Waals surface area contributed by atoms with Crippen LogP contribution in [0.5, 0.6) is 5.75 Å². The number of ether oxygens (including phenoxy) is 1. The molecule has 0 aromatic heterocycles. The highest BCUT2D eigenvalue weighted by Crippen LogP contribution is 2.34. The lowest BCUT2D eigenvalue weighted by molar-refractivity contribution is 0.304. The summed E-state index contributed by atoms with van der Waals surface area (Å²) in [6.45, 7) is 0.550. The maximum atomic E-state index is 6.03. The fourth-order valence-corrected chi connectivity index (χ4v) is 2.09. The molecule has 1 atom stereocenters. The second kappa shape index (κ2) is 6.08. The Hall–Kier alpha value is -0.990. The van der Waals surface area contributed by atoms with Gasteiger partial charge in [-0.2, -0.15) is 0 Å². The van der Waals surface area contributed by atoms with E-state index in [0.717, 1.165) is 16.9 Å². The van der Waals surface area contributed by atoms with E-state index in [9.17, 15) is 0 Å².